The molecule has 1 aliphatic heterocycles. The number of aryl methyl sites for hydroxylation is 1. The Hall–Kier alpha value is -1.33. The molecule has 0 saturated heterocycles. The third-order valence-corrected chi connectivity index (χ3v) is 4.60. The van der Waals surface area contributed by atoms with E-state index in [-0.39, 0.29) is 17.5 Å². The Morgan fingerprint density at radius 1 is 1.37 bits per heavy atom. The molecular formula is C13H14ClNO3S. The molecule has 0 N–H and O–H groups in total. The number of hydrogen-bond acceptors (Lipinski definition) is 3. The zero-order valence-electron chi connectivity index (χ0n) is 10.5. The lowest BCUT2D eigenvalue weighted by Gasteiger charge is -2.24. The van der Waals surface area contributed by atoms with E-state index in [1.807, 2.05) is 19.1 Å². The highest BCUT2D eigenvalue weighted by molar-refractivity contribution is 7.94. The number of carbonyl (C=O) groups excluding carboxylic acids is 1. The molecular weight excluding hydrogens is 286 g/mol. The topological polar surface area (TPSA) is 54.5 Å². The highest BCUT2D eigenvalue weighted by atomic mass is 35.5. The van der Waals surface area contributed by atoms with Crippen LogP contribution in [-0.2, 0) is 14.6 Å². The molecule has 0 spiro atoms. The molecule has 0 atom stereocenters. The first-order valence-corrected chi connectivity index (χ1v) is 8.07. The van der Waals surface area contributed by atoms with Gasteiger partial charge in [-0.25, -0.2) is 8.42 Å². The lowest BCUT2D eigenvalue weighted by atomic mass is 10.1. The Morgan fingerprint density at radius 3 is 2.58 bits per heavy atom. The van der Waals surface area contributed by atoms with Crippen molar-refractivity contribution in [1.29, 1.82) is 0 Å². The molecule has 0 unspecified atom stereocenters. The van der Waals surface area contributed by atoms with Crippen LogP contribution in [0.15, 0.2) is 35.4 Å². The third kappa shape index (κ3) is 2.98. The molecule has 1 aromatic rings. The first-order valence-electron chi connectivity index (χ1n) is 5.82. The third-order valence-electron chi connectivity index (χ3n) is 2.97. The number of benzene rings is 1. The number of rotatable bonds is 3. The van der Waals surface area contributed by atoms with E-state index in [1.165, 1.54) is 10.3 Å². The van der Waals surface area contributed by atoms with Crippen molar-refractivity contribution >= 4 is 33.0 Å². The molecule has 0 aliphatic carbocycles. The van der Waals surface area contributed by atoms with E-state index in [4.69, 9.17) is 11.6 Å². The van der Waals surface area contributed by atoms with Crippen LogP contribution >= 0.6 is 11.6 Å². The number of alkyl halides is 1. The monoisotopic (exact) mass is 299 g/mol. The fourth-order valence-electron chi connectivity index (χ4n) is 2.06. The van der Waals surface area contributed by atoms with Gasteiger partial charge in [-0.15, -0.1) is 11.6 Å². The van der Waals surface area contributed by atoms with Crippen LogP contribution in [-0.4, -0.2) is 26.0 Å². The zero-order valence-corrected chi connectivity index (χ0v) is 12.0. The molecule has 4 nitrogen and oxygen atoms in total. The number of amides is 1. The minimum Gasteiger partial charge on any atom is -0.283 e. The van der Waals surface area contributed by atoms with Crippen molar-refractivity contribution in [2.24, 2.45) is 0 Å². The maximum atomic E-state index is 12.0. The molecule has 0 saturated carbocycles. The van der Waals surface area contributed by atoms with Crippen LogP contribution < -0.4 is 4.90 Å². The molecule has 6 heteroatoms. The van der Waals surface area contributed by atoms with E-state index in [0.717, 1.165) is 5.56 Å². The van der Waals surface area contributed by atoms with Crippen LogP contribution in [0, 0.1) is 6.92 Å². The molecule has 0 bridgehead atoms. The Morgan fingerprint density at radius 2 is 2.05 bits per heavy atom. The lowest BCUT2D eigenvalue weighted by molar-refractivity contribution is -0.115. The van der Waals surface area contributed by atoms with Crippen LogP contribution in [0.4, 0.5) is 5.69 Å². The summed E-state index contributed by atoms with van der Waals surface area (Å²) in [5.41, 5.74) is 2.06. The van der Waals surface area contributed by atoms with Crippen molar-refractivity contribution in [1.82, 2.24) is 0 Å². The summed E-state index contributed by atoms with van der Waals surface area (Å²) in [4.78, 5) is 13.4. The van der Waals surface area contributed by atoms with Gasteiger partial charge in [-0.05, 0) is 18.6 Å². The SMILES string of the molecule is Cc1ccccc1N(C(=O)CCl)C1=CS(=O)(=O)CC1. The van der Waals surface area contributed by atoms with Crippen LogP contribution in [0.2, 0.25) is 0 Å². The molecule has 102 valence electrons. The highest BCUT2D eigenvalue weighted by Gasteiger charge is 2.27. The number of nitrogens with zero attached hydrogens (tertiary/aromatic N) is 1. The van der Waals surface area contributed by atoms with Crippen molar-refractivity contribution in [2.75, 3.05) is 16.5 Å². The van der Waals surface area contributed by atoms with Crippen molar-refractivity contribution in [3.8, 4) is 0 Å². The van der Waals surface area contributed by atoms with Gasteiger partial charge in [-0.3, -0.25) is 9.69 Å². The summed E-state index contributed by atoms with van der Waals surface area (Å²) < 4.78 is 23.1. The van der Waals surface area contributed by atoms with E-state index in [1.54, 1.807) is 12.1 Å². The van der Waals surface area contributed by atoms with Crippen LogP contribution in [0.1, 0.15) is 12.0 Å². The van der Waals surface area contributed by atoms with Gasteiger partial charge in [0.25, 0.3) is 0 Å². The summed E-state index contributed by atoms with van der Waals surface area (Å²) in [7, 11) is -3.20. The van der Waals surface area contributed by atoms with Gasteiger partial charge in [0, 0.05) is 12.1 Å². The second kappa shape index (κ2) is 5.35. The predicted molar refractivity (Wildman–Crippen MR) is 75.9 cm³/mol. The van der Waals surface area contributed by atoms with Crippen LogP contribution in [0.5, 0.6) is 0 Å². The molecule has 2 rings (SSSR count). The average molecular weight is 300 g/mol. The predicted octanol–water partition coefficient (Wildman–Crippen LogP) is 2.23. The van der Waals surface area contributed by atoms with E-state index in [9.17, 15) is 13.2 Å². The fourth-order valence-corrected chi connectivity index (χ4v) is 3.43. The Bertz CT molecular complexity index is 637. The van der Waals surface area contributed by atoms with Crippen molar-refractivity contribution in [2.45, 2.75) is 13.3 Å². The summed E-state index contributed by atoms with van der Waals surface area (Å²) in [6.07, 6.45) is 0.333. The normalized spacial score (nSPS) is 17.1. The van der Waals surface area contributed by atoms with E-state index in [0.29, 0.717) is 17.8 Å². The van der Waals surface area contributed by atoms with Gasteiger partial charge in [-0.1, -0.05) is 18.2 Å². The molecule has 19 heavy (non-hydrogen) atoms. The van der Waals surface area contributed by atoms with Gasteiger partial charge < -0.3 is 0 Å². The lowest BCUT2D eigenvalue weighted by Crippen LogP contribution is -2.31. The highest BCUT2D eigenvalue weighted by Crippen LogP contribution is 2.29. The van der Waals surface area contributed by atoms with Gasteiger partial charge >= 0.3 is 0 Å². The number of carbonyl (C=O) groups is 1. The van der Waals surface area contributed by atoms with Gasteiger partial charge in [0.05, 0.1) is 16.8 Å². The van der Waals surface area contributed by atoms with Crippen LogP contribution in [0.3, 0.4) is 0 Å². The largest absolute Gasteiger partial charge is 0.283 e. The first kappa shape index (κ1) is 14.1. The Kier molecular flexibility index (Phi) is 3.96. The Labute approximate surface area is 117 Å². The summed E-state index contributed by atoms with van der Waals surface area (Å²) in [5, 5.41) is 1.17. The summed E-state index contributed by atoms with van der Waals surface area (Å²) in [6.45, 7) is 1.87. The van der Waals surface area contributed by atoms with Gasteiger partial charge in [0.15, 0.2) is 9.84 Å². The number of hydrogen-bond donors (Lipinski definition) is 0. The average Bonchev–Trinajstić information content (AvgIpc) is 2.72. The molecule has 0 radical (unpaired) electrons. The maximum Gasteiger partial charge on any atom is 0.246 e. The first-order chi connectivity index (χ1) is 8.94. The van der Waals surface area contributed by atoms with Crippen molar-refractivity contribution in [3.63, 3.8) is 0 Å². The second-order valence-corrected chi connectivity index (χ2v) is 6.61. The molecule has 1 amide bonds. The second-order valence-electron chi connectivity index (χ2n) is 4.38. The molecule has 1 aliphatic rings. The standard InChI is InChI=1S/C13H14ClNO3S/c1-10-4-2-3-5-12(10)15(13(16)8-14)11-6-7-19(17,18)9-11/h2-5,9H,6-8H2,1H3. The summed E-state index contributed by atoms with van der Waals surface area (Å²) >= 11 is 5.63. The van der Waals surface area contributed by atoms with Crippen molar-refractivity contribution in [3.05, 3.63) is 40.9 Å². The Balaban J connectivity index is 2.50. The number of anilines is 1. The van der Waals surface area contributed by atoms with Gasteiger partial charge in [0.2, 0.25) is 5.91 Å². The maximum absolute atomic E-state index is 12.0. The quantitative estimate of drug-likeness (QED) is 0.804. The van der Waals surface area contributed by atoms with Gasteiger partial charge in [0.1, 0.15) is 5.88 Å². The zero-order chi connectivity index (χ0) is 14.0. The fraction of sp³-hybridized carbons (Fsp3) is 0.308. The van der Waals surface area contributed by atoms with E-state index in [2.05, 4.69) is 0 Å². The number of para-hydroxylation sites is 1. The van der Waals surface area contributed by atoms with Gasteiger partial charge in [-0.2, -0.15) is 0 Å². The minimum absolute atomic E-state index is 0.0419. The summed E-state index contributed by atoms with van der Waals surface area (Å²) in [5.74, 6) is -0.467. The number of allylic oxidation sites excluding steroid dienone is 1. The molecule has 1 aromatic carbocycles. The van der Waals surface area contributed by atoms with Crippen molar-refractivity contribution < 1.29 is 13.2 Å². The summed E-state index contributed by atoms with van der Waals surface area (Å²) in [6, 6.07) is 7.32. The van der Waals surface area contributed by atoms with E-state index < -0.39 is 9.84 Å². The molecule has 0 aromatic heterocycles. The van der Waals surface area contributed by atoms with E-state index >= 15 is 0 Å². The molecule has 0 fully saturated rings. The minimum atomic E-state index is -3.20. The smallest absolute Gasteiger partial charge is 0.246 e. The molecule has 1 heterocycles. The van der Waals surface area contributed by atoms with Crippen LogP contribution in [0.25, 0.3) is 0 Å². The number of halogens is 1. The number of sulfone groups is 1.